The molecule has 0 spiro atoms. The SMILES string of the molecule is O=S([O-])CNc1ccc(S(=O)(=O)c2ccc(NCS(=O)[O-])cc2)cc1. The summed E-state index contributed by atoms with van der Waals surface area (Å²) in [6.45, 7) is 0. The Balaban J connectivity index is 2.14. The minimum atomic E-state index is -3.73. The Labute approximate surface area is 150 Å². The number of nitrogens with one attached hydrogen (secondary N) is 2. The summed E-state index contributed by atoms with van der Waals surface area (Å²) in [5, 5.41) is 5.25. The summed E-state index contributed by atoms with van der Waals surface area (Å²) in [5.41, 5.74) is 0.960. The zero-order chi connectivity index (χ0) is 18.4. The van der Waals surface area contributed by atoms with Crippen LogP contribution in [-0.2, 0) is 32.0 Å². The van der Waals surface area contributed by atoms with Gasteiger partial charge in [-0.1, -0.05) is 0 Å². The summed E-state index contributed by atoms with van der Waals surface area (Å²) in [6, 6.07) is 11.4. The highest BCUT2D eigenvalue weighted by Gasteiger charge is 2.17. The molecular weight excluding hydrogens is 388 g/mol. The van der Waals surface area contributed by atoms with Gasteiger partial charge < -0.3 is 19.7 Å². The summed E-state index contributed by atoms with van der Waals surface area (Å²) >= 11 is -4.50. The second-order valence-corrected chi connectivity index (χ2v) is 8.54. The first-order valence-electron chi connectivity index (χ1n) is 6.84. The van der Waals surface area contributed by atoms with Gasteiger partial charge in [-0.05, 0) is 70.7 Å². The van der Waals surface area contributed by atoms with E-state index in [-0.39, 0.29) is 21.5 Å². The molecular formula is C14H14N2O6S3-2. The van der Waals surface area contributed by atoms with Gasteiger partial charge in [0, 0.05) is 11.4 Å². The molecule has 25 heavy (non-hydrogen) atoms. The van der Waals surface area contributed by atoms with Crippen LogP contribution in [0.2, 0.25) is 0 Å². The smallest absolute Gasteiger partial charge is 0.206 e. The van der Waals surface area contributed by atoms with E-state index < -0.39 is 32.0 Å². The third-order valence-electron chi connectivity index (χ3n) is 3.12. The fourth-order valence-corrected chi connectivity index (χ4v) is 3.75. The van der Waals surface area contributed by atoms with Crippen molar-refractivity contribution in [1.82, 2.24) is 0 Å². The average Bonchev–Trinajstić information content (AvgIpc) is 2.59. The molecule has 2 atom stereocenters. The first-order valence-corrected chi connectivity index (χ1v) is 10.8. The largest absolute Gasteiger partial charge is 0.771 e. The minimum Gasteiger partial charge on any atom is -0.771 e. The number of hydrogen-bond acceptors (Lipinski definition) is 8. The molecule has 0 amide bonds. The van der Waals surface area contributed by atoms with E-state index >= 15 is 0 Å². The van der Waals surface area contributed by atoms with Crippen LogP contribution in [0.25, 0.3) is 0 Å². The molecule has 2 unspecified atom stereocenters. The second-order valence-electron chi connectivity index (χ2n) is 4.80. The molecule has 136 valence electrons. The number of anilines is 2. The summed E-state index contributed by atoms with van der Waals surface area (Å²) < 4.78 is 67.1. The molecule has 0 aliphatic rings. The average molecular weight is 402 g/mol. The normalized spacial score (nSPS) is 13.8. The number of benzene rings is 2. The van der Waals surface area contributed by atoms with E-state index in [1.807, 2.05) is 0 Å². The Hall–Kier alpha value is -1.79. The van der Waals surface area contributed by atoms with Crippen LogP contribution in [0.4, 0.5) is 11.4 Å². The van der Waals surface area contributed by atoms with Crippen molar-refractivity contribution in [3.05, 3.63) is 48.5 Å². The van der Waals surface area contributed by atoms with Crippen molar-refractivity contribution >= 4 is 43.4 Å². The molecule has 0 heterocycles. The van der Waals surface area contributed by atoms with Gasteiger partial charge >= 0.3 is 0 Å². The van der Waals surface area contributed by atoms with Crippen LogP contribution < -0.4 is 10.6 Å². The molecule has 2 rings (SSSR count). The van der Waals surface area contributed by atoms with E-state index in [0.717, 1.165) is 0 Å². The summed E-state index contributed by atoms with van der Waals surface area (Å²) in [4.78, 5) is 0.116. The third-order valence-corrected chi connectivity index (χ3v) is 5.66. The monoisotopic (exact) mass is 402 g/mol. The summed E-state index contributed by atoms with van der Waals surface area (Å²) in [6.07, 6.45) is 0. The standard InChI is InChI=1S/C14H16N2O6S3/c17-23(18)9-15-11-1-5-13(6-2-11)25(21,22)14-7-3-12(4-8-14)16-10-24(19)20/h1-8,15-16H,9-10H2,(H,17,18)(H,19,20)/p-2. The van der Waals surface area contributed by atoms with E-state index in [1.165, 1.54) is 48.5 Å². The quantitative estimate of drug-likeness (QED) is 0.624. The Morgan fingerprint density at radius 1 is 0.720 bits per heavy atom. The van der Waals surface area contributed by atoms with Crippen molar-refractivity contribution in [2.24, 2.45) is 0 Å². The molecule has 0 radical (unpaired) electrons. The van der Waals surface area contributed by atoms with E-state index in [1.54, 1.807) is 0 Å². The molecule has 0 saturated carbocycles. The lowest BCUT2D eigenvalue weighted by atomic mass is 10.3. The fourth-order valence-electron chi connectivity index (χ4n) is 1.92. The van der Waals surface area contributed by atoms with Gasteiger partial charge in [0.2, 0.25) is 9.84 Å². The highest BCUT2D eigenvalue weighted by Crippen LogP contribution is 2.23. The van der Waals surface area contributed by atoms with E-state index in [0.29, 0.717) is 11.4 Å². The van der Waals surface area contributed by atoms with Crippen LogP contribution in [-0.4, -0.2) is 37.7 Å². The fraction of sp³-hybridized carbons (Fsp3) is 0.143. The van der Waals surface area contributed by atoms with Crippen molar-refractivity contribution < 1.29 is 25.9 Å². The highest BCUT2D eigenvalue weighted by molar-refractivity contribution is 7.91. The summed E-state index contributed by atoms with van der Waals surface area (Å²) in [7, 11) is -3.73. The van der Waals surface area contributed by atoms with Crippen molar-refractivity contribution in [1.29, 1.82) is 0 Å². The third kappa shape index (κ3) is 5.61. The Morgan fingerprint density at radius 2 is 1.04 bits per heavy atom. The van der Waals surface area contributed by atoms with E-state index in [9.17, 15) is 25.9 Å². The van der Waals surface area contributed by atoms with Gasteiger partial charge in [-0.25, -0.2) is 8.42 Å². The topological polar surface area (TPSA) is 138 Å². The van der Waals surface area contributed by atoms with Crippen LogP contribution in [0.1, 0.15) is 0 Å². The molecule has 2 aromatic rings. The minimum absolute atomic E-state index is 0.0580. The van der Waals surface area contributed by atoms with Crippen molar-refractivity contribution in [2.45, 2.75) is 9.79 Å². The maximum absolute atomic E-state index is 12.6. The van der Waals surface area contributed by atoms with Crippen molar-refractivity contribution in [3.8, 4) is 0 Å². The number of rotatable bonds is 8. The van der Waals surface area contributed by atoms with E-state index in [2.05, 4.69) is 10.6 Å². The van der Waals surface area contributed by atoms with Crippen molar-refractivity contribution in [2.75, 3.05) is 22.4 Å². The van der Waals surface area contributed by atoms with Crippen LogP contribution in [0.5, 0.6) is 0 Å². The molecule has 2 aromatic carbocycles. The second kappa shape index (κ2) is 8.54. The lowest BCUT2D eigenvalue weighted by Gasteiger charge is -2.11. The highest BCUT2D eigenvalue weighted by atomic mass is 32.2. The van der Waals surface area contributed by atoms with Crippen molar-refractivity contribution in [3.63, 3.8) is 0 Å². The van der Waals surface area contributed by atoms with Crippen LogP contribution in [0.3, 0.4) is 0 Å². The first kappa shape index (κ1) is 19.5. The van der Waals surface area contributed by atoms with Gasteiger partial charge in [0.15, 0.2) is 0 Å². The van der Waals surface area contributed by atoms with Gasteiger partial charge in [0.25, 0.3) is 0 Å². The van der Waals surface area contributed by atoms with E-state index in [4.69, 9.17) is 0 Å². The van der Waals surface area contributed by atoms with Crippen LogP contribution in [0.15, 0.2) is 58.3 Å². The molecule has 0 fully saturated rings. The Bertz CT molecular complexity index is 799. The molecule has 0 bridgehead atoms. The Morgan fingerprint density at radius 3 is 1.32 bits per heavy atom. The predicted octanol–water partition coefficient (Wildman–Crippen LogP) is 1.02. The first-order chi connectivity index (χ1) is 11.8. The zero-order valence-electron chi connectivity index (χ0n) is 12.7. The van der Waals surface area contributed by atoms with Gasteiger partial charge in [0.1, 0.15) is 0 Å². The number of sulfone groups is 1. The molecule has 8 nitrogen and oxygen atoms in total. The Kier molecular flexibility index (Phi) is 6.67. The van der Waals surface area contributed by atoms with Crippen LogP contribution in [0, 0.1) is 0 Å². The van der Waals surface area contributed by atoms with Gasteiger partial charge in [-0.2, -0.15) is 0 Å². The molecule has 0 aromatic heterocycles. The predicted molar refractivity (Wildman–Crippen MR) is 93.2 cm³/mol. The number of hydrogen-bond donors (Lipinski definition) is 2. The molecule has 11 heteroatoms. The lowest BCUT2D eigenvalue weighted by Crippen LogP contribution is -2.08. The van der Waals surface area contributed by atoms with Gasteiger partial charge in [-0.15, -0.1) is 0 Å². The van der Waals surface area contributed by atoms with Crippen LogP contribution >= 0.6 is 0 Å². The molecule has 0 aliphatic heterocycles. The maximum atomic E-state index is 12.6. The maximum Gasteiger partial charge on any atom is 0.206 e. The molecule has 0 saturated heterocycles. The van der Waals surface area contributed by atoms with Gasteiger partial charge in [-0.3, -0.25) is 8.42 Å². The zero-order valence-corrected chi connectivity index (χ0v) is 15.2. The van der Waals surface area contributed by atoms with Gasteiger partial charge in [0.05, 0.1) is 21.5 Å². The molecule has 0 aliphatic carbocycles. The molecule has 2 N–H and O–H groups in total. The summed E-state index contributed by atoms with van der Waals surface area (Å²) in [5.74, 6) is -0.538. The lowest BCUT2D eigenvalue weighted by molar-refractivity contribution is 0.537.